The van der Waals surface area contributed by atoms with E-state index in [1.807, 2.05) is 0 Å². The Morgan fingerprint density at radius 2 is 1.65 bits per heavy atom. The third-order valence-corrected chi connectivity index (χ3v) is 8.15. The van der Waals surface area contributed by atoms with E-state index >= 15 is 0 Å². The second-order valence-electron chi connectivity index (χ2n) is 6.20. The van der Waals surface area contributed by atoms with Crippen molar-refractivity contribution in [2.75, 3.05) is 14.2 Å². The minimum atomic E-state index is -2.05. The largest absolute Gasteiger partial charge is 0.539 e. The van der Waals surface area contributed by atoms with Crippen LogP contribution in [-0.2, 0) is 0 Å². The summed E-state index contributed by atoms with van der Waals surface area (Å²) in [5, 5.41) is 0.0419. The highest BCUT2D eigenvalue weighted by molar-refractivity contribution is 6.74. The van der Waals surface area contributed by atoms with Crippen molar-refractivity contribution in [1.29, 1.82) is 0 Å². The Kier molecular flexibility index (Phi) is 4.86. The molecular weight excluding hydrogens is 272 g/mol. The van der Waals surface area contributed by atoms with Crippen LogP contribution in [0.25, 0.3) is 0 Å². The van der Waals surface area contributed by atoms with Gasteiger partial charge in [0, 0.05) is 0 Å². The number of hydrogen-bond donors (Lipinski definition) is 0. The molecule has 0 N–H and O–H groups in total. The molecule has 112 valence electrons. The van der Waals surface area contributed by atoms with Gasteiger partial charge in [0.05, 0.1) is 19.8 Å². The third kappa shape index (κ3) is 3.15. The van der Waals surface area contributed by atoms with Crippen LogP contribution in [0.4, 0.5) is 0 Å². The average molecular weight is 296 g/mol. The zero-order chi connectivity index (χ0) is 15.6. The van der Waals surface area contributed by atoms with Gasteiger partial charge >= 0.3 is 0 Å². The Labute approximate surface area is 122 Å². The van der Waals surface area contributed by atoms with Crippen molar-refractivity contribution in [1.82, 2.24) is 0 Å². The monoisotopic (exact) mass is 296 g/mol. The quantitative estimate of drug-likeness (QED) is 0.610. The van der Waals surface area contributed by atoms with Gasteiger partial charge in [-0.25, -0.2) is 0 Å². The van der Waals surface area contributed by atoms with Gasteiger partial charge < -0.3 is 13.9 Å². The van der Waals surface area contributed by atoms with Crippen LogP contribution in [0, 0.1) is 0 Å². The normalized spacial score (nSPS) is 11.9. The molecule has 0 atom stereocenters. The van der Waals surface area contributed by atoms with Gasteiger partial charge in [0.25, 0.3) is 8.32 Å². The molecule has 1 aromatic carbocycles. The maximum Gasteiger partial charge on any atom is 0.250 e. The molecule has 0 aromatic heterocycles. The molecule has 20 heavy (non-hydrogen) atoms. The summed E-state index contributed by atoms with van der Waals surface area (Å²) in [5.74, 6) is 1.53. The van der Waals surface area contributed by atoms with Crippen LogP contribution in [0.15, 0.2) is 12.1 Å². The molecule has 0 bridgehead atoms. The van der Waals surface area contributed by atoms with Crippen molar-refractivity contribution in [3.05, 3.63) is 17.7 Å². The van der Waals surface area contributed by atoms with Gasteiger partial charge in [0.1, 0.15) is 0 Å². The van der Waals surface area contributed by atoms with E-state index in [-0.39, 0.29) is 5.04 Å². The number of aldehydes is 1. The smallest absolute Gasteiger partial charge is 0.250 e. The second kappa shape index (κ2) is 5.87. The van der Waals surface area contributed by atoms with E-state index in [2.05, 4.69) is 33.9 Å². The number of methoxy groups -OCH3 is 2. The minimum Gasteiger partial charge on any atom is -0.539 e. The number of hydrogen-bond acceptors (Lipinski definition) is 4. The van der Waals surface area contributed by atoms with E-state index in [1.165, 1.54) is 7.11 Å². The summed E-state index contributed by atoms with van der Waals surface area (Å²) < 4.78 is 17.0. The van der Waals surface area contributed by atoms with Gasteiger partial charge in [0.2, 0.25) is 0 Å². The number of carbonyl (C=O) groups is 1. The van der Waals surface area contributed by atoms with Crippen LogP contribution in [0.1, 0.15) is 31.1 Å². The predicted molar refractivity (Wildman–Crippen MR) is 82.8 cm³/mol. The number of rotatable bonds is 5. The van der Waals surface area contributed by atoms with Gasteiger partial charge in [-0.15, -0.1) is 0 Å². The Bertz CT molecular complexity index is 489. The van der Waals surface area contributed by atoms with Crippen molar-refractivity contribution >= 4 is 14.6 Å². The van der Waals surface area contributed by atoms with Crippen LogP contribution < -0.4 is 13.9 Å². The molecule has 0 unspecified atom stereocenters. The molecule has 0 saturated carbocycles. The number of carbonyl (C=O) groups excluding carboxylic acids is 1. The SMILES string of the molecule is COc1ccc(C=O)c(OC)c1O[Si](C)(C)C(C)(C)C. The summed E-state index contributed by atoms with van der Waals surface area (Å²) in [6.45, 7) is 10.7. The van der Waals surface area contributed by atoms with E-state index in [0.717, 1.165) is 6.29 Å². The molecule has 0 aliphatic rings. The predicted octanol–water partition coefficient (Wildman–Crippen LogP) is 3.90. The fourth-order valence-electron chi connectivity index (χ4n) is 1.53. The highest BCUT2D eigenvalue weighted by Gasteiger charge is 2.40. The molecule has 0 fully saturated rings. The molecule has 0 aliphatic carbocycles. The lowest BCUT2D eigenvalue weighted by atomic mass is 10.2. The Hall–Kier alpha value is -1.49. The van der Waals surface area contributed by atoms with Crippen LogP contribution in [-0.4, -0.2) is 28.8 Å². The van der Waals surface area contributed by atoms with Crippen LogP contribution in [0.2, 0.25) is 18.1 Å². The summed E-state index contributed by atoms with van der Waals surface area (Å²) in [6, 6.07) is 3.40. The first-order chi connectivity index (χ1) is 9.17. The molecule has 4 nitrogen and oxygen atoms in total. The Morgan fingerprint density at radius 3 is 2.05 bits per heavy atom. The van der Waals surface area contributed by atoms with E-state index < -0.39 is 8.32 Å². The maximum absolute atomic E-state index is 11.1. The topological polar surface area (TPSA) is 44.8 Å². The lowest BCUT2D eigenvalue weighted by Crippen LogP contribution is -2.44. The molecule has 1 rings (SSSR count). The molecule has 5 heteroatoms. The standard InChI is InChI=1S/C15H24O4Si/c1-15(2,3)20(6,7)19-14-12(17-4)9-8-11(10-16)13(14)18-5/h8-10H,1-7H3. The highest BCUT2D eigenvalue weighted by atomic mass is 28.4. The van der Waals surface area contributed by atoms with E-state index in [1.54, 1.807) is 19.2 Å². The Balaban J connectivity index is 3.38. The maximum atomic E-state index is 11.1. The van der Waals surface area contributed by atoms with Gasteiger partial charge in [-0.2, -0.15) is 0 Å². The molecule has 0 heterocycles. The molecule has 0 spiro atoms. The van der Waals surface area contributed by atoms with Crippen molar-refractivity contribution in [3.63, 3.8) is 0 Å². The minimum absolute atomic E-state index is 0.0419. The second-order valence-corrected chi connectivity index (χ2v) is 10.9. The lowest BCUT2D eigenvalue weighted by molar-refractivity contribution is 0.112. The Morgan fingerprint density at radius 1 is 1.05 bits per heavy atom. The number of benzene rings is 1. The van der Waals surface area contributed by atoms with Crippen molar-refractivity contribution < 1.29 is 18.7 Å². The van der Waals surface area contributed by atoms with Gasteiger partial charge in [-0.1, -0.05) is 20.8 Å². The summed E-state index contributed by atoms with van der Waals surface area (Å²) >= 11 is 0. The number of ether oxygens (including phenoxy) is 2. The zero-order valence-electron chi connectivity index (χ0n) is 13.4. The van der Waals surface area contributed by atoms with E-state index in [9.17, 15) is 4.79 Å². The van der Waals surface area contributed by atoms with Crippen molar-refractivity contribution in [2.45, 2.75) is 38.9 Å². The van der Waals surface area contributed by atoms with Crippen LogP contribution in [0.3, 0.4) is 0 Å². The molecule has 0 aliphatic heterocycles. The zero-order valence-corrected chi connectivity index (χ0v) is 14.4. The molecule has 0 radical (unpaired) electrons. The fourth-order valence-corrected chi connectivity index (χ4v) is 2.54. The molecule has 0 saturated heterocycles. The van der Waals surface area contributed by atoms with Gasteiger partial charge in [-0.05, 0) is 30.3 Å². The van der Waals surface area contributed by atoms with Crippen LogP contribution >= 0.6 is 0 Å². The van der Waals surface area contributed by atoms with Gasteiger partial charge in [-0.3, -0.25) is 4.79 Å². The molecule has 0 amide bonds. The molecule has 1 aromatic rings. The summed E-state index contributed by atoms with van der Waals surface area (Å²) in [7, 11) is 1.05. The van der Waals surface area contributed by atoms with E-state index in [0.29, 0.717) is 22.8 Å². The van der Waals surface area contributed by atoms with Gasteiger partial charge in [0.15, 0.2) is 23.5 Å². The summed E-state index contributed by atoms with van der Waals surface area (Å²) in [4.78, 5) is 11.1. The van der Waals surface area contributed by atoms with Crippen molar-refractivity contribution in [3.8, 4) is 17.2 Å². The first-order valence-electron chi connectivity index (χ1n) is 6.57. The first-order valence-corrected chi connectivity index (χ1v) is 9.48. The fraction of sp³-hybridized carbons (Fsp3) is 0.533. The third-order valence-electron chi connectivity index (χ3n) is 3.82. The first kappa shape index (κ1) is 16.6. The van der Waals surface area contributed by atoms with E-state index in [4.69, 9.17) is 13.9 Å². The van der Waals surface area contributed by atoms with Crippen molar-refractivity contribution in [2.24, 2.45) is 0 Å². The lowest BCUT2D eigenvalue weighted by Gasteiger charge is -2.37. The molecular formula is C15H24O4Si. The average Bonchev–Trinajstić information content (AvgIpc) is 2.36. The summed E-state index contributed by atoms with van der Waals surface area (Å²) in [6.07, 6.45) is 0.761. The van der Waals surface area contributed by atoms with Crippen LogP contribution in [0.5, 0.6) is 17.2 Å². The summed E-state index contributed by atoms with van der Waals surface area (Å²) in [5.41, 5.74) is 0.460. The highest BCUT2D eigenvalue weighted by Crippen LogP contribution is 2.45.